The number of para-hydroxylation sites is 1. The maximum absolute atomic E-state index is 12.6. The molecule has 9 heteroatoms. The molecular formula is C22H25F2N3O4. The molecule has 0 aliphatic carbocycles. The van der Waals surface area contributed by atoms with E-state index in [-0.39, 0.29) is 17.4 Å². The van der Waals surface area contributed by atoms with Gasteiger partial charge in [-0.1, -0.05) is 23.4 Å². The summed E-state index contributed by atoms with van der Waals surface area (Å²) in [4.78, 5) is 21.9. The molecule has 0 spiro atoms. The van der Waals surface area contributed by atoms with E-state index in [9.17, 15) is 13.6 Å². The highest BCUT2D eigenvalue weighted by atomic mass is 19.3. The molecule has 1 aliphatic heterocycles. The van der Waals surface area contributed by atoms with Crippen LogP contribution in [0.25, 0.3) is 0 Å². The van der Waals surface area contributed by atoms with E-state index in [2.05, 4.69) is 26.9 Å². The predicted molar refractivity (Wildman–Crippen MR) is 113 cm³/mol. The van der Waals surface area contributed by atoms with E-state index >= 15 is 0 Å². The Morgan fingerprint density at radius 3 is 2.42 bits per heavy atom. The lowest BCUT2D eigenvalue weighted by atomic mass is 10.2. The highest BCUT2D eigenvalue weighted by Gasteiger charge is 2.26. The molecule has 1 heterocycles. The van der Waals surface area contributed by atoms with Gasteiger partial charge in [0.25, 0.3) is 5.91 Å². The van der Waals surface area contributed by atoms with Crippen LogP contribution in [0.3, 0.4) is 0 Å². The fraction of sp³-hybridized carbons (Fsp3) is 0.364. The minimum atomic E-state index is -2.95. The molecule has 1 aliphatic rings. The Bertz CT molecular complexity index is 888. The molecular weight excluding hydrogens is 408 g/mol. The Kier molecular flexibility index (Phi) is 7.64. The number of carbonyl (C=O) groups excluding carboxylic acids is 1. The lowest BCUT2D eigenvalue weighted by Crippen LogP contribution is -2.51. The van der Waals surface area contributed by atoms with Crippen molar-refractivity contribution in [2.75, 3.05) is 38.2 Å². The number of benzene rings is 2. The fourth-order valence-corrected chi connectivity index (χ4v) is 3.27. The molecule has 1 amide bonds. The number of hydrogen-bond donors (Lipinski definition) is 0. The second-order valence-corrected chi connectivity index (χ2v) is 6.92. The lowest BCUT2D eigenvalue weighted by Gasteiger charge is -2.36. The van der Waals surface area contributed by atoms with Crippen LogP contribution in [0.1, 0.15) is 12.5 Å². The first-order valence-electron chi connectivity index (χ1n) is 9.88. The summed E-state index contributed by atoms with van der Waals surface area (Å²) in [6, 6.07) is 14.4. The Balaban J connectivity index is 1.50. The summed E-state index contributed by atoms with van der Waals surface area (Å²) in [5.41, 5.74) is 1.69. The average molecular weight is 433 g/mol. The van der Waals surface area contributed by atoms with Crippen molar-refractivity contribution in [2.45, 2.75) is 19.6 Å². The standard InChI is InChI=1S/C22H25F2N3O4/c1-16(21(28)27-12-10-26(11-13-27)18-6-4-3-5-7-18)31-25-15-17-8-9-19(30-22(23)24)20(14-17)29-2/h3-9,14-16,22H,10-13H2,1-2H3/b25-15+. The number of anilines is 1. The molecule has 2 aromatic carbocycles. The molecule has 3 rings (SSSR count). The summed E-state index contributed by atoms with van der Waals surface area (Å²) in [5.74, 6) is -0.0680. The number of halogens is 2. The van der Waals surface area contributed by atoms with Gasteiger partial charge in [0, 0.05) is 37.4 Å². The predicted octanol–water partition coefficient (Wildman–Crippen LogP) is 3.38. The molecule has 1 atom stereocenters. The molecule has 0 N–H and O–H groups in total. The maximum Gasteiger partial charge on any atom is 0.387 e. The Morgan fingerprint density at radius 2 is 1.77 bits per heavy atom. The van der Waals surface area contributed by atoms with Gasteiger partial charge in [-0.05, 0) is 37.3 Å². The Labute approximate surface area is 179 Å². The number of carbonyl (C=O) groups is 1. The number of rotatable bonds is 8. The molecule has 0 radical (unpaired) electrons. The van der Waals surface area contributed by atoms with E-state index in [1.807, 2.05) is 18.2 Å². The second-order valence-electron chi connectivity index (χ2n) is 6.92. The molecule has 0 bridgehead atoms. The van der Waals surface area contributed by atoms with E-state index in [0.717, 1.165) is 18.8 Å². The first-order valence-corrected chi connectivity index (χ1v) is 9.88. The number of ether oxygens (including phenoxy) is 2. The second kappa shape index (κ2) is 10.6. The highest BCUT2D eigenvalue weighted by molar-refractivity contribution is 5.82. The lowest BCUT2D eigenvalue weighted by molar-refractivity contribution is -0.142. The van der Waals surface area contributed by atoms with Crippen LogP contribution >= 0.6 is 0 Å². The summed E-state index contributed by atoms with van der Waals surface area (Å²) in [6.45, 7) is 1.40. The van der Waals surface area contributed by atoms with Gasteiger partial charge in [0.2, 0.25) is 6.10 Å². The summed E-state index contributed by atoms with van der Waals surface area (Å²) >= 11 is 0. The van der Waals surface area contributed by atoms with E-state index in [1.54, 1.807) is 11.8 Å². The van der Waals surface area contributed by atoms with Crippen LogP contribution in [-0.4, -0.2) is 63.0 Å². The third-order valence-corrected chi connectivity index (χ3v) is 4.88. The summed E-state index contributed by atoms with van der Waals surface area (Å²) in [7, 11) is 1.35. The van der Waals surface area contributed by atoms with Gasteiger partial charge in [-0.15, -0.1) is 0 Å². The van der Waals surface area contributed by atoms with Crippen LogP contribution < -0.4 is 14.4 Å². The normalized spacial score (nSPS) is 15.3. The largest absolute Gasteiger partial charge is 0.493 e. The third-order valence-electron chi connectivity index (χ3n) is 4.88. The van der Waals surface area contributed by atoms with Crippen LogP contribution in [0, 0.1) is 0 Å². The van der Waals surface area contributed by atoms with Crippen molar-refractivity contribution >= 4 is 17.8 Å². The number of nitrogens with zero attached hydrogens (tertiary/aromatic N) is 3. The molecule has 0 saturated carbocycles. The molecule has 2 aromatic rings. The van der Waals surface area contributed by atoms with Crippen molar-refractivity contribution in [2.24, 2.45) is 5.16 Å². The first-order chi connectivity index (χ1) is 15.0. The van der Waals surface area contributed by atoms with Crippen molar-refractivity contribution < 1.29 is 27.9 Å². The number of amides is 1. The van der Waals surface area contributed by atoms with Crippen LogP contribution in [0.15, 0.2) is 53.7 Å². The SMILES string of the molecule is COc1cc(/C=N/OC(C)C(=O)N2CCN(c3ccccc3)CC2)ccc1OC(F)F. The number of piperazine rings is 1. The summed E-state index contributed by atoms with van der Waals surface area (Å²) < 4.78 is 34.2. The minimum absolute atomic E-state index is 0.0752. The zero-order valence-corrected chi connectivity index (χ0v) is 17.4. The van der Waals surface area contributed by atoms with Crippen LogP contribution in [-0.2, 0) is 9.63 Å². The van der Waals surface area contributed by atoms with E-state index in [0.29, 0.717) is 18.7 Å². The number of methoxy groups -OCH3 is 1. The van der Waals surface area contributed by atoms with E-state index in [4.69, 9.17) is 9.57 Å². The molecule has 0 aromatic heterocycles. The molecule has 7 nitrogen and oxygen atoms in total. The molecule has 1 saturated heterocycles. The maximum atomic E-state index is 12.6. The molecule has 31 heavy (non-hydrogen) atoms. The minimum Gasteiger partial charge on any atom is -0.493 e. The third kappa shape index (κ3) is 6.07. The van der Waals surface area contributed by atoms with Gasteiger partial charge in [-0.2, -0.15) is 8.78 Å². The van der Waals surface area contributed by atoms with Crippen LogP contribution in [0.4, 0.5) is 14.5 Å². The zero-order chi connectivity index (χ0) is 22.2. The van der Waals surface area contributed by atoms with Crippen molar-refractivity contribution in [3.05, 3.63) is 54.1 Å². The van der Waals surface area contributed by atoms with Gasteiger partial charge in [0.1, 0.15) is 0 Å². The fourth-order valence-electron chi connectivity index (χ4n) is 3.27. The monoisotopic (exact) mass is 433 g/mol. The van der Waals surface area contributed by atoms with Crippen molar-refractivity contribution in [1.29, 1.82) is 0 Å². The number of alkyl halides is 2. The van der Waals surface area contributed by atoms with Gasteiger partial charge in [-0.3, -0.25) is 4.79 Å². The molecule has 1 fully saturated rings. The quantitative estimate of drug-likeness (QED) is 0.472. The topological polar surface area (TPSA) is 63.6 Å². The van der Waals surface area contributed by atoms with Crippen molar-refractivity contribution in [3.63, 3.8) is 0 Å². The van der Waals surface area contributed by atoms with Crippen molar-refractivity contribution in [3.8, 4) is 11.5 Å². The zero-order valence-electron chi connectivity index (χ0n) is 17.4. The van der Waals surface area contributed by atoms with Gasteiger partial charge >= 0.3 is 6.61 Å². The van der Waals surface area contributed by atoms with Gasteiger partial charge < -0.3 is 24.1 Å². The number of oxime groups is 1. The first kappa shape index (κ1) is 22.3. The summed E-state index contributed by atoms with van der Waals surface area (Å²) in [6.07, 6.45) is 0.633. The molecule has 166 valence electrons. The van der Waals surface area contributed by atoms with Crippen LogP contribution in [0.5, 0.6) is 11.5 Å². The van der Waals surface area contributed by atoms with Crippen molar-refractivity contribution in [1.82, 2.24) is 4.90 Å². The van der Waals surface area contributed by atoms with E-state index in [1.165, 1.54) is 31.5 Å². The Morgan fingerprint density at radius 1 is 1.06 bits per heavy atom. The van der Waals surface area contributed by atoms with Gasteiger partial charge in [-0.25, -0.2) is 0 Å². The van der Waals surface area contributed by atoms with Gasteiger partial charge in [0.15, 0.2) is 11.5 Å². The van der Waals surface area contributed by atoms with Crippen LogP contribution in [0.2, 0.25) is 0 Å². The van der Waals surface area contributed by atoms with E-state index < -0.39 is 12.7 Å². The van der Waals surface area contributed by atoms with Gasteiger partial charge in [0.05, 0.1) is 13.3 Å². The average Bonchev–Trinajstić information content (AvgIpc) is 2.79. The highest BCUT2D eigenvalue weighted by Crippen LogP contribution is 2.29. The summed E-state index contributed by atoms with van der Waals surface area (Å²) in [5, 5.41) is 3.86. The smallest absolute Gasteiger partial charge is 0.387 e. The Hall–Kier alpha value is -3.36. The number of hydrogen-bond acceptors (Lipinski definition) is 6. The molecule has 1 unspecified atom stereocenters.